The fourth-order valence-corrected chi connectivity index (χ4v) is 4.57. The number of hydrogen-bond acceptors (Lipinski definition) is 5. The number of fused-ring (bicyclic) bond motifs is 1. The molecule has 148 valence electrons. The molecule has 3 rings (SSSR count). The van der Waals surface area contributed by atoms with Crippen molar-refractivity contribution in [2.24, 2.45) is 0 Å². The maximum absolute atomic E-state index is 13.5. The Morgan fingerprint density at radius 2 is 2.11 bits per heavy atom. The number of benzene rings is 1. The van der Waals surface area contributed by atoms with Gasteiger partial charge in [-0.1, -0.05) is 18.6 Å². The molecule has 2 aromatic rings. The topological polar surface area (TPSA) is 65.4 Å². The van der Waals surface area contributed by atoms with E-state index in [-0.39, 0.29) is 24.8 Å². The van der Waals surface area contributed by atoms with Crippen LogP contribution in [0.4, 0.5) is 9.39 Å². The number of halogens is 1. The van der Waals surface area contributed by atoms with Crippen molar-refractivity contribution in [1.29, 1.82) is 5.26 Å². The van der Waals surface area contributed by atoms with Gasteiger partial charge in [-0.3, -0.25) is 9.69 Å². The Morgan fingerprint density at radius 1 is 1.32 bits per heavy atom. The number of anilines is 1. The van der Waals surface area contributed by atoms with E-state index >= 15 is 0 Å². The SMILES string of the molecule is CN(CCOc1ccccc1F)CC(=O)Nc1sc2c(c1C#N)CCCCC2. The summed E-state index contributed by atoms with van der Waals surface area (Å²) in [5, 5.41) is 13.1. The number of ether oxygens (including phenoxy) is 1. The number of likely N-dealkylation sites (N-methyl/N-ethyl adjacent to an activating group) is 1. The molecule has 0 radical (unpaired) electrons. The van der Waals surface area contributed by atoms with Gasteiger partial charge in [-0.2, -0.15) is 5.26 Å². The van der Waals surface area contributed by atoms with E-state index in [0.29, 0.717) is 17.1 Å². The predicted octanol–water partition coefficient (Wildman–Crippen LogP) is 3.98. The van der Waals surface area contributed by atoms with Gasteiger partial charge in [0.25, 0.3) is 0 Å². The van der Waals surface area contributed by atoms with Crippen LogP contribution in [0.5, 0.6) is 5.75 Å². The van der Waals surface area contributed by atoms with E-state index in [9.17, 15) is 14.4 Å². The standard InChI is InChI=1S/C21H24FN3O2S/c1-25(11-12-27-18-9-6-5-8-17(18)22)14-20(26)24-21-16(13-23)15-7-3-2-4-10-19(15)28-21/h5-6,8-9H,2-4,7,10-12,14H2,1H3,(H,24,26). The molecule has 0 saturated carbocycles. The van der Waals surface area contributed by atoms with Gasteiger partial charge in [-0.15, -0.1) is 11.3 Å². The Kier molecular flexibility index (Phi) is 7.01. The first kappa shape index (κ1) is 20.3. The maximum Gasteiger partial charge on any atom is 0.239 e. The van der Waals surface area contributed by atoms with Gasteiger partial charge in [0.2, 0.25) is 5.91 Å². The smallest absolute Gasteiger partial charge is 0.239 e. The molecule has 0 saturated heterocycles. The van der Waals surface area contributed by atoms with Crippen molar-refractivity contribution in [2.75, 3.05) is 32.1 Å². The fourth-order valence-electron chi connectivity index (χ4n) is 3.31. The Morgan fingerprint density at radius 3 is 2.89 bits per heavy atom. The van der Waals surface area contributed by atoms with Crippen LogP contribution in [-0.2, 0) is 17.6 Å². The highest BCUT2D eigenvalue weighted by Gasteiger charge is 2.21. The third-order valence-corrected chi connectivity index (χ3v) is 5.97. The second kappa shape index (κ2) is 9.67. The molecule has 7 heteroatoms. The molecule has 1 aromatic heterocycles. The van der Waals surface area contributed by atoms with Crippen LogP contribution in [0, 0.1) is 17.1 Å². The second-order valence-electron chi connectivity index (χ2n) is 6.95. The van der Waals surface area contributed by atoms with Crippen molar-refractivity contribution in [2.45, 2.75) is 32.1 Å². The van der Waals surface area contributed by atoms with Crippen LogP contribution in [0.1, 0.15) is 35.3 Å². The van der Waals surface area contributed by atoms with Gasteiger partial charge in [0.15, 0.2) is 11.6 Å². The Labute approximate surface area is 168 Å². The van der Waals surface area contributed by atoms with E-state index in [2.05, 4.69) is 11.4 Å². The predicted molar refractivity (Wildman–Crippen MR) is 108 cm³/mol. The zero-order valence-corrected chi connectivity index (χ0v) is 16.8. The van der Waals surface area contributed by atoms with E-state index in [4.69, 9.17) is 4.74 Å². The number of aryl methyl sites for hydroxylation is 1. The van der Waals surface area contributed by atoms with Crippen LogP contribution < -0.4 is 10.1 Å². The summed E-state index contributed by atoms with van der Waals surface area (Å²) in [6, 6.07) is 8.52. The van der Waals surface area contributed by atoms with Gasteiger partial charge < -0.3 is 10.1 Å². The Balaban J connectivity index is 1.51. The average molecular weight is 402 g/mol. The summed E-state index contributed by atoms with van der Waals surface area (Å²) in [4.78, 5) is 15.4. The minimum absolute atomic E-state index is 0.165. The average Bonchev–Trinajstić information content (AvgIpc) is 2.82. The Bertz CT molecular complexity index is 875. The summed E-state index contributed by atoms with van der Waals surface area (Å²) < 4.78 is 19.0. The molecule has 0 atom stereocenters. The van der Waals surface area contributed by atoms with E-state index < -0.39 is 5.82 Å². The summed E-state index contributed by atoms with van der Waals surface area (Å²) in [6.45, 7) is 0.934. The van der Waals surface area contributed by atoms with E-state index in [0.717, 1.165) is 31.2 Å². The monoisotopic (exact) mass is 401 g/mol. The first-order valence-corrected chi connectivity index (χ1v) is 10.3. The highest BCUT2D eigenvalue weighted by molar-refractivity contribution is 7.16. The zero-order chi connectivity index (χ0) is 19.9. The Hall–Kier alpha value is -2.43. The summed E-state index contributed by atoms with van der Waals surface area (Å²) in [5.41, 5.74) is 1.74. The molecule has 28 heavy (non-hydrogen) atoms. The van der Waals surface area contributed by atoms with Crippen molar-refractivity contribution >= 4 is 22.2 Å². The molecule has 1 aromatic carbocycles. The lowest BCUT2D eigenvalue weighted by molar-refractivity contribution is -0.117. The molecule has 1 amide bonds. The molecule has 0 aliphatic heterocycles. The van der Waals surface area contributed by atoms with Crippen LogP contribution in [0.25, 0.3) is 0 Å². The molecular weight excluding hydrogens is 377 g/mol. The van der Waals surface area contributed by atoms with Crippen LogP contribution >= 0.6 is 11.3 Å². The third-order valence-electron chi connectivity index (χ3n) is 4.77. The van der Waals surface area contributed by atoms with E-state index in [1.807, 2.05) is 0 Å². The van der Waals surface area contributed by atoms with Gasteiger partial charge in [-0.05, 0) is 50.4 Å². The number of nitrogens with one attached hydrogen (secondary N) is 1. The van der Waals surface area contributed by atoms with Crippen LogP contribution in [0.15, 0.2) is 24.3 Å². The largest absolute Gasteiger partial charge is 0.489 e. The number of rotatable bonds is 7. The molecule has 1 heterocycles. The molecule has 0 unspecified atom stereocenters. The van der Waals surface area contributed by atoms with E-state index in [1.54, 1.807) is 30.1 Å². The number of carbonyl (C=O) groups is 1. The first-order chi connectivity index (χ1) is 13.6. The van der Waals surface area contributed by atoms with Crippen molar-refractivity contribution in [3.63, 3.8) is 0 Å². The number of thiophene rings is 1. The lowest BCUT2D eigenvalue weighted by Crippen LogP contribution is -2.33. The number of hydrogen-bond donors (Lipinski definition) is 1. The van der Waals surface area contributed by atoms with Crippen molar-refractivity contribution in [1.82, 2.24) is 4.90 Å². The molecule has 1 N–H and O–H groups in total. The van der Waals surface area contributed by atoms with Gasteiger partial charge in [0.1, 0.15) is 17.7 Å². The molecule has 5 nitrogen and oxygen atoms in total. The highest BCUT2D eigenvalue weighted by Crippen LogP contribution is 2.36. The van der Waals surface area contributed by atoms with Gasteiger partial charge in [0.05, 0.1) is 12.1 Å². The highest BCUT2D eigenvalue weighted by atomic mass is 32.1. The quantitative estimate of drug-likeness (QED) is 0.713. The van der Waals surface area contributed by atoms with Crippen LogP contribution in [-0.4, -0.2) is 37.6 Å². The molecular formula is C21H24FN3O2S. The summed E-state index contributed by atoms with van der Waals surface area (Å²) >= 11 is 1.53. The molecule has 0 bridgehead atoms. The fraction of sp³-hybridized carbons (Fsp3) is 0.429. The molecule has 0 spiro atoms. The van der Waals surface area contributed by atoms with Crippen molar-refractivity contribution in [3.8, 4) is 11.8 Å². The minimum Gasteiger partial charge on any atom is -0.489 e. The van der Waals surface area contributed by atoms with Crippen LogP contribution in [0.3, 0.4) is 0 Å². The van der Waals surface area contributed by atoms with Gasteiger partial charge >= 0.3 is 0 Å². The normalized spacial score (nSPS) is 13.5. The summed E-state index contributed by atoms with van der Waals surface area (Å²) in [7, 11) is 1.80. The lowest BCUT2D eigenvalue weighted by Gasteiger charge is -2.16. The van der Waals surface area contributed by atoms with Crippen molar-refractivity contribution < 1.29 is 13.9 Å². The van der Waals surface area contributed by atoms with Gasteiger partial charge in [-0.25, -0.2) is 4.39 Å². The number of nitrogens with zero attached hydrogens (tertiary/aromatic N) is 2. The first-order valence-electron chi connectivity index (χ1n) is 9.49. The minimum atomic E-state index is -0.399. The van der Waals surface area contributed by atoms with Gasteiger partial charge in [0, 0.05) is 11.4 Å². The van der Waals surface area contributed by atoms with Crippen LogP contribution in [0.2, 0.25) is 0 Å². The number of amides is 1. The summed E-state index contributed by atoms with van der Waals surface area (Å²) in [5.74, 6) is -0.357. The summed E-state index contributed by atoms with van der Waals surface area (Å²) in [6.07, 6.45) is 5.32. The molecule has 1 aliphatic rings. The lowest BCUT2D eigenvalue weighted by atomic mass is 10.1. The maximum atomic E-state index is 13.5. The molecule has 0 fully saturated rings. The number of nitriles is 1. The third kappa shape index (κ3) is 5.09. The number of carbonyl (C=O) groups excluding carboxylic acids is 1. The number of para-hydroxylation sites is 1. The zero-order valence-electron chi connectivity index (χ0n) is 16.0. The molecule has 1 aliphatic carbocycles. The second-order valence-corrected chi connectivity index (χ2v) is 8.05. The van der Waals surface area contributed by atoms with Crippen molar-refractivity contribution in [3.05, 3.63) is 46.1 Å². The van der Waals surface area contributed by atoms with E-state index in [1.165, 1.54) is 28.7 Å².